The molecule has 0 bridgehead atoms. The zero-order valence-electron chi connectivity index (χ0n) is 15.8. The smallest absolute Gasteiger partial charge is 0.325 e. The number of carbonyl (C=O) groups excluding carboxylic acids is 2. The number of hydrogen-bond donors (Lipinski definition) is 1. The lowest BCUT2D eigenvalue weighted by atomic mass is 9.92. The second kappa shape index (κ2) is 6.35. The Kier molecular flexibility index (Phi) is 4.73. The molecule has 0 aromatic heterocycles. The molecule has 26 heavy (non-hydrogen) atoms. The Labute approximate surface area is 163 Å². The standard InChI is InChI=1S/C18H25BrN2O4Si/c1-17(2,3)26(4,5)25-9-8-21-15(22)18(20-16(21)23)11-24-14-10-12(19)6-7-13(14)18/h6-7,10H,8-9,11H2,1-5H3,(H,20,23). The number of imide groups is 1. The van der Waals surface area contributed by atoms with Crippen molar-refractivity contribution in [2.45, 2.75) is 44.4 Å². The summed E-state index contributed by atoms with van der Waals surface area (Å²) in [5.41, 5.74) is -0.420. The lowest BCUT2D eigenvalue weighted by molar-refractivity contribution is -0.132. The van der Waals surface area contributed by atoms with Crippen molar-refractivity contribution >= 4 is 36.2 Å². The molecular formula is C18H25BrN2O4Si. The van der Waals surface area contributed by atoms with E-state index in [1.165, 1.54) is 4.90 Å². The number of nitrogens with zero attached hydrogens (tertiary/aromatic N) is 1. The summed E-state index contributed by atoms with van der Waals surface area (Å²) in [6.45, 7) is 11.5. The van der Waals surface area contributed by atoms with Crippen LogP contribution in [-0.2, 0) is 14.8 Å². The summed E-state index contributed by atoms with van der Waals surface area (Å²) in [7, 11) is -1.92. The first-order valence-corrected chi connectivity index (χ1v) is 12.4. The van der Waals surface area contributed by atoms with Gasteiger partial charge in [-0.2, -0.15) is 0 Å². The molecule has 1 aromatic carbocycles. The van der Waals surface area contributed by atoms with E-state index in [-0.39, 0.29) is 24.1 Å². The molecule has 3 amide bonds. The van der Waals surface area contributed by atoms with Crippen molar-refractivity contribution in [1.29, 1.82) is 0 Å². The van der Waals surface area contributed by atoms with Crippen LogP contribution in [0.15, 0.2) is 22.7 Å². The van der Waals surface area contributed by atoms with Crippen LogP contribution in [0.5, 0.6) is 5.75 Å². The van der Waals surface area contributed by atoms with Crippen molar-refractivity contribution in [3.63, 3.8) is 0 Å². The van der Waals surface area contributed by atoms with Crippen molar-refractivity contribution < 1.29 is 18.8 Å². The van der Waals surface area contributed by atoms with E-state index >= 15 is 0 Å². The Morgan fingerprint density at radius 2 is 2.04 bits per heavy atom. The van der Waals surface area contributed by atoms with Gasteiger partial charge in [0.2, 0.25) is 0 Å². The fourth-order valence-corrected chi connectivity index (χ4v) is 4.32. The van der Waals surface area contributed by atoms with Gasteiger partial charge in [-0.1, -0.05) is 42.8 Å². The van der Waals surface area contributed by atoms with Gasteiger partial charge >= 0.3 is 6.03 Å². The molecule has 0 aliphatic carbocycles. The average molecular weight is 441 g/mol. The van der Waals surface area contributed by atoms with Crippen molar-refractivity contribution in [1.82, 2.24) is 10.2 Å². The number of carbonyl (C=O) groups is 2. The number of fused-ring (bicyclic) bond motifs is 2. The zero-order valence-corrected chi connectivity index (χ0v) is 18.4. The Hall–Kier alpha value is -1.38. The van der Waals surface area contributed by atoms with Crippen LogP contribution in [-0.4, -0.2) is 44.9 Å². The van der Waals surface area contributed by atoms with E-state index in [1.807, 2.05) is 18.2 Å². The van der Waals surface area contributed by atoms with Crippen LogP contribution in [0.2, 0.25) is 18.1 Å². The summed E-state index contributed by atoms with van der Waals surface area (Å²) in [6, 6.07) is 5.08. The molecule has 142 valence electrons. The van der Waals surface area contributed by atoms with E-state index in [0.29, 0.717) is 17.9 Å². The SMILES string of the molecule is CC(C)(C)[Si](C)(C)OCCN1C(=O)NC2(COc3cc(Br)ccc32)C1=O. The van der Waals surface area contributed by atoms with E-state index in [2.05, 4.69) is 55.1 Å². The molecule has 1 aromatic rings. The highest BCUT2D eigenvalue weighted by Gasteiger charge is 2.57. The monoisotopic (exact) mass is 440 g/mol. The molecule has 1 N–H and O–H groups in total. The van der Waals surface area contributed by atoms with Crippen LogP contribution in [0.3, 0.4) is 0 Å². The highest BCUT2D eigenvalue weighted by molar-refractivity contribution is 9.10. The van der Waals surface area contributed by atoms with Gasteiger partial charge in [0.15, 0.2) is 13.9 Å². The van der Waals surface area contributed by atoms with Gasteiger partial charge in [-0.05, 0) is 30.3 Å². The first-order chi connectivity index (χ1) is 12.0. The lowest BCUT2D eigenvalue weighted by Gasteiger charge is -2.36. The minimum Gasteiger partial charge on any atom is -0.490 e. The summed E-state index contributed by atoms with van der Waals surface area (Å²) >= 11 is 3.39. The molecule has 0 saturated carbocycles. The fourth-order valence-electron chi connectivity index (χ4n) is 2.95. The third-order valence-corrected chi connectivity index (χ3v) is 10.6. The second-order valence-electron chi connectivity index (χ2n) is 8.33. The van der Waals surface area contributed by atoms with Crippen molar-refractivity contribution in [2.24, 2.45) is 0 Å². The molecule has 1 spiro atoms. The predicted octanol–water partition coefficient (Wildman–Crippen LogP) is 3.61. The van der Waals surface area contributed by atoms with Gasteiger partial charge in [-0.3, -0.25) is 9.69 Å². The van der Waals surface area contributed by atoms with E-state index < -0.39 is 19.9 Å². The maximum Gasteiger partial charge on any atom is 0.325 e. The van der Waals surface area contributed by atoms with Crippen LogP contribution in [0.25, 0.3) is 0 Å². The number of hydrogen-bond acceptors (Lipinski definition) is 4. The quantitative estimate of drug-likeness (QED) is 0.573. The van der Waals surface area contributed by atoms with Crippen molar-refractivity contribution in [3.05, 3.63) is 28.2 Å². The van der Waals surface area contributed by atoms with Crippen LogP contribution in [0.4, 0.5) is 4.79 Å². The minimum atomic E-state index is -1.92. The Balaban J connectivity index is 1.73. The molecule has 2 aliphatic heterocycles. The van der Waals surface area contributed by atoms with Crippen LogP contribution in [0.1, 0.15) is 26.3 Å². The summed E-state index contributed by atoms with van der Waals surface area (Å²) in [5, 5.41) is 2.92. The van der Waals surface area contributed by atoms with Gasteiger partial charge in [0, 0.05) is 10.0 Å². The van der Waals surface area contributed by atoms with Gasteiger partial charge in [-0.15, -0.1) is 0 Å². The Bertz CT molecular complexity index is 762. The molecule has 1 unspecified atom stereocenters. The zero-order chi connectivity index (χ0) is 19.3. The molecule has 3 rings (SSSR count). The van der Waals surface area contributed by atoms with Gasteiger partial charge in [0.1, 0.15) is 12.4 Å². The largest absolute Gasteiger partial charge is 0.490 e. The third kappa shape index (κ3) is 3.08. The van der Waals surface area contributed by atoms with E-state index in [9.17, 15) is 9.59 Å². The van der Waals surface area contributed by atoms with E-state index in [0.717, 1.165) is 4.47 Å². The molecule has 1 saturated heterocycles. The van der Waals surface area contributed by atoms with Crippen molar-refractivity contribution in [2.75, 3.05) is 19.8 Å². The average Bonchev–Trinajstić information content (AvgIpc) is 2.99. The molecule has 1 atom stereocenters. The number of halogens is 1. The maximum atomic E-state index is 13.0. The second-order valence-corrected chi connectivity index (χ2v) is 14.1. The van der Waals surface area contributed by atoms with Gasteiger partial charge in [-0.25, -0.2) is 4.79 Å². The molecule has 2 heterocycles. The van der Waals surface area contributed by atoms with Crippen LogP contribution < -0.4 is 10.1 Å². The summed E-state index contributed by atoms with van der Waals surface area (Å²) in [4.78, 5) is 26.8. The summed E-state index contributed by atoms with van der Waals surface area (Å²) < 4.78 is 12.7. The van der Waals surface area contributed by atoms with Crippen molar-refractivity contribution in [3.8, 4) is 5.75 Å². The first-order valence-electron chi connectivity index (χ1n) is 8.69. The highest BCUT2D eigenvalue weighted by atomic mass is 79.9. The topological polar surface area (TPSA) is 67.9 Å². The molecule has 2 aliphatic rings. The Morgan fingerprint density at radius 1 is 1.35 bits per heavy atom. The summed E-state index contributed by atoms with van der Waals surface area (Å²) in [6.07, 6.45) is 0. The van der Waals surface area contributed by atoms with E-state index in [4.69, 9.17) is 9.16 Å². The third-order valence-electron chi connectivity index (χ3n) is 5.61. The number of amides is 3. The molecular weight excluding hydrogens is 416 g/mol. The number of urea groups is 1. The van der Waals surface area contributed by atoms with Crippen LogP contribution >= 0.6 is 15.9 Å². The highest BCUT2D eigenvalue weighted by Crippen LogP contribution is 2.42. The van der Waals surface area contributed by atoms with Gasteiger partial charge in [0.05, 0.1) is 13.2 Å². The fraction of sp³-hybridized carbons (Fsp3) is 0.556. The number of nitrogens with one attached hydrogen (secondary N) is 1. The predicted molar refractivity (Wildman–Crippen MR) is 105 cm³/mol. The Morgan fingerprint density at radius 3 is 2.69 bits per heavy atom. The number of benzene rings is 1. The molecule has 0 radical (unpaired) electrons. The minimum absolute atomic E-state index is 0.0805. The normalized spacial score (nSPS) is 22.6. The van der Waals surface area contributed by atoms with Gasteiger partial charge in [0.25, 0.3) is 5.91 Å². The summed E-state index contributed by atoms with van der Waals surface area (Å²) in [5.74, 6) is 0.342. The maximum absolute atomic E-state index is 13.0. The van der Waals surface area contributed by atoms with Crippen LogP contribution in [0, 0.1) is 0 Å². The number of rotatable bonds is 4. The number of ether oxygens (including phenoxy) is 1. The molecule has 8 heteroatoms. The van der Waals surface area contributed by atoms with E-state index in [1.54, 1.807) is 0 Å². The molecule has 6 nitrogen and oxygen atoms in total. The molecule has 1 fully saturated rings. The van der Waals surface area contributed by atoms with Gasteiger partial charge < -0.3 is 14.5 Å². The first kappa shape index (κ1) is 19.4. The lowest BCUT2D eigenvalue weighted by Crippen LogP contribution is -2.46.